The van der Waals surface area contributed by atoms with Gasteiger partial charge in [0.2, 0.25) is 5.91 Å². The van der Waals surface area contributed by atoms with Crippen molar-refractivity contribution in [2.24, 2.45) is 0 Å². The smallest absolute Gasteiger partial charge is 0.394 e. The number of hydrogen-bond donors (Lipinski definition) is 2. The average molecular weight is 614 g/mol. The normalized spacial score (nSPS) is 17.8. The highest BCUT2D eigenvalue weighted by atomic mass is 19.4. The first-order valence-corrected chi connectivity index (χ1v) is 13.2. The monoisotopic (exact) mass is 613 g/mol. The fourth-order valence-corrected chi connectivity index (χ4v) is 5.32. The first kappa shape index (κ1) is 32.2. The van der Waals surface area contributed by atoms with Crippen LogP contribution in [0.25, 0.3) is 11.1 Å². The average Bonchev–Trinajstić information content (AvgIpc) is 3.31. The third-order valence-electron chi connectivity index (χ3n) is 7.75. The first-order valence-electron chi connectivity index (χ1n) is 13.2. The molecule has 2 N–H and O–H groups in total. The highest BCUT2D eigenvalue weighted by Crippen LogP contribution is 2.41. The summed E-state index contributed by atoms with van der Waals surface area (Å²) < 4.78 is 95.4. The van der Waals surface area contributed by atoms with Gasteiger partial charge in [-0.1, -0.05) is 6.07 Å². The van der Waals surface area contributed by atoms with Crippen molar-refractivity contribution in [1.82, 2.24) is 4.98 Å². The number of halogens is 7. The molecule has 0 spiro atoms. The zero-order valence-corrected chi connectivity index (χ0v) is 23.7. The number of β-amino-alcohol motifs (C(OH)–C–C–N with tert-alkyl or cyclic N) is 1. The Morgan fingerprint density at radius 1 is 0.977 bits per heavy atom. The zero-order valence-electron chi connectivity index (χ0n) is 23.7. The summed E-state index contributed by atoms with van der Waals surface area (Å²) in [7, 11) is 1.32. The molecule has 232 valence electrons. The number of aromatic nitrogens is 1. The molecule has 1 aliphatic heterocycles. The molecule has 0 bridgehead atoms. The second kappa shape index (κ2) is 11.4. The molecule has 1 amide bonds. The van der Waals surface area contributed by atoms with Crippen molar-refractivity contribution in [3.8, 4) is 11.1 Å². The van der Waals surface area contributed by atoms with E-state index in [9.17, 15) is 45.7 Å². The van der Waals surface area contributed by atoms with Gasteiger partial charge in [0.05, 0.1) is 47.2 Å². The summed E-state index contributed by atoms with van der Waals surface area (Å²) in [6.07, 6.45) is -9.32. The van der Waals surface area contributed by atoms with Crippen LogP contribution in [0.2, 0.25) is 0 Å². The summed E-state index contributed by atoms with van der Waals surface area (Å²) in [6.45, 7) is 3.98. The van der Waals surface area contributed by atoms with Crippen LogP contribution < -0.4 is 9.80 Å². The largest absolute Gasteiger partial charge is 0.416 e. The van der Waals surface area contributed by atoms with Gasteiger partial charge in [-0.25, -0.2) is 9.37 Å². The van der Waals surface area contributed by atoms with Crippen molar-refractivity contribution in [3.63, 3.8) is 0 Å². The summed E-state index contributed by atoms with van der Waals surface area (Å²) in [5.74, 6) is -1.01. The number of rotatable bonds is 6. The van der Waals surface area contributed by atoms with E-state index in [4.69, 9.17) is 0 Å². The standard InChI is InChI=1S/C30H30F7N3O3/c1-16-7-20(31)5-6-23(16)24-12-26(40-14-22(42)11-21(40)15-41)38-13-25(24)39(4)27(43)28(2,3)17-8-18(29(32,33)34)10-19(9-17)30(35,36)37/h5-10,12-13,21-22,41-42H,11,14-15H2,1-4H3/t21-,22-/m1/s1. The van der Waals surface area contributed by atoms with Crippen LogP contribution in [-0.2, 0) is 22.6 Å². The van der Waals surface area contributed by atoms with Gasteiger partial charge < -0.3 is 20.0 Å². The van der Waals surface area contributed by atoms with Gasteiger partial charge in [-0.05, 0) is 80.3 Å². The summed E-state index contributed by atoms with van der Waals surface area (Å²) in [5.41, 5.74) is -3.96. The Kier molecular flexibility index (Phi) is 8.55. The lowest BCUT2D eigenvalue weighted by Gasteiger charge is -2.32. The third kappa shape index (κ3) is 6.47. The van der Waals surface area contributed by atoms with E-state index in [0.29, 0.717) is 34.6 Å². The molecule has 13 heteroatoms. The molecule has 0 saturated carbocycles. The number of nitrogens with zero attached hydrogens (tertiary/aromatic N) is 3. The molecule has 3 aromatic rings. The number of benzene rings is 2. The second-order valence-electron chi connectivity index (χ2n) is 11.2. The van der Waals surface area contributed by atoms with Crippen molar-refractivity contribution in [2.45, 2.75) is 57.1 Å². The van der Waals surface area contributed by atoms with E-state index in [-0.39, 0.29) is 31.3 Å². The second-order valence-corrected chi connectivity index (χ2v) is 11.2. The Bertz CT molecular complexity index is 1490. The van der Waals surface area contributed by atoms with Crippen LogP contribution >= 0.6 is 0 Å². The Hall–Kier alpha value is -3.71. The molecule has 2 atom stereocenters. The highest BCUT2D eigenvalue weighted by molar-refractivity contribution is 6.03. The SMILES string of the molecule is Cc1cc(F)ccc1-c1cc(N2C[C@H](O)C[C@@H]2CO)ncc1N(C)C(=O)C(C)(C)c1cc(C(F)(F)F)cc(C(F)(F)F)c1. The van der Waals surface area contributed by atoms with Gasteiger partial charge in [-0.3, -0.25) is 4.79 Å². The number of aryl methyl sites for hydroxylation is 1. The number of pyridine rings is 1. The first-order chi connectivity index (χ1) is 19.8. The number of aliphatic hydroxyl groups is 2. The minimum Gasteiger partial charge on any atom is -0.394 e. The van der Waals surface area contributed by atoms with Gasteiger partial charge in [0, 0.05) is 19.2 Å². The highest BCUT2D eigenvalue weighted by Gasteiger charge is 2.41. The van der Waals surface area contributed by atoms with E-state index in [2.05, 4.69) is 4.98 Å². The molecule has 1 saturated heterocycles. The lowest BCUT2D eigenvalue weighted by molar-refractivity contribution is -0.143. The van der Waals surface area contributed by atoms with Crippen molar-refractivity contribution in [3.05, 3.63) is 76.7 Å². The minimum atomic E-state index is -5.09. The fraction of sp³-hybridized carbons (Fsp3) is 0.400. The van der Waals surface area contributed by atoms with Crippen LogP contribution in [0.15, 0.2) is 48.7 Å². The van der Waals surface area contributed by atoms with Gasteiger partial charge >= 0.3 is 12.4 Å². The number of aliphatic hydroxyl groups excluding tert-OH is 2. The Balaban J connectivity index is 1.84. The van der Waals surface area contributed by atoms with Gasteiger partial charge in [0.15, 0.2) is 0 Å². The molecule has 2 heterocycles. The van der Waals surface area contributed by atoms with E-state index >= 15 is 0 Å². The molecule has 2 aromatic carbocycles. The zero-order chi connectivity index (χ0) is 32.1. The van der Waals surface area contributed by atoms with E-state index in [1.807, 2.05) is 0 Å². The van der Waals surface area contributed by atoms with Gasteiger partial charge in [0.25, 0.3) is 0 Å². The molecule has 43 heavy (non-hydrogen) atoms. The van der Waals surface area contributed by atoms with Crippen molar-refractivity contribution in [2.75, 3.05) is 30.0 Å². The van der Waals surface area contributed by atoms with Crippen LogP contribution in [0.1, 0.15) is 42.5 Å². The van der Waals surface area contributed by atoms with Crippen molar-refractivity contribution >= 4 is 17.4 Å². The van der Waals surface area contributed by atoms with E-state index in [1.165, 1.54) is 45.3 Å². The van der Waals surface area contributed by atoms with Crippen LogP contribution in [0, 0.1) is 12.7 Å². The van der Waals surface area contributed by atoms with Crippen LogP contribution in [0.3, 0.4) is 0 Å². The maximum absolute atomic E-state index is 14.0. The molecule has 1 aliphatic rings. The van der Waals surface area contributed by atoms with Crippen LogP contribution in [0.4, 0.5) is 42.2 Å². The molecule has 4 rings (SSSR count). The Morgan fingerprint density at radius 2 is 1.56 bits per heavy atom. The number of anilines is 2. The van der Waals surface area contributed by atoms with Crippen LogP contribution in [0.5, 0.6) is 0 Å². The molecule has 0 radical (unpaired) electrons. The van der Waals surface area contributed by atoms with E-state index < -0.39 is 58.3 Å². The van der Waals surface area contributed by atoms with Crippen molar-refractivity contribution < 1.29 is 45.7 Å². The van der Waals surface area contributed by atoms with Gasteiger partial charge in [-0.2, -0.15) is 26.3 Å². The number of carbonyl (C=O) groups is 1. The predicted octanol–water partition coefficient (Wildman–Crippen LogP) is 6.11. The number of hydrogen-bond acceptors (Lipinski definition) is 5. The third-order valence-corrected chi connectivity index (χ3v) is 7.75. The van der Waals surface area contributed by atoms with E-state index in [1.54, 1.807) is 17.9 Å². The summed E-state index contributed by atoms with van der Waals surface area (Å²) in [5, 5.41) is 20.0. The molecule has 0 aliphatic carbocycles. The lowest BCUT2D eigenvalue weighted by Crippen LogP contribution is -2.42. The number of amides is 1. The summed E-state index contributed by atoms with van der Waals surface area (Å²) in [6, 6.07) is 6.14. The van der Waals surface area contributed by atoms with Crippen molar-refractivity contribution in [1.29, 1.82) is 0 Å². The molecule has 6 nitrogen and oxygen atoms in total. The molecule has 0 unspecified atom stereocenters. The lowest BCUT2D eigenvalue weighted by atomic mass is 9.81. The molecule has 1 fully saturated rings. The van der Waals surface area contributed by atoms with Gasteiger partial charge in [-0.15, -0.1) is 0 Å². The molecule has 1 aromatic heterocycles. The fourth-order valence-electron chi connectivity index (χ4n) is 5.32. The van der Waals surface area contributed by atoms with Gasteiger partial charge in [0.1, 0.15) is 11.6 Å². The number of carbonyl (C=O) groups excluding carboxylic acids is 1. The molecular formula is C30H30F7N3O3. The summed E-state index contributed by atoms with van der Waals surface area (Å²) in [4.78, 5) is 21.1. The molecular weight excluding hydrogens is 583 g/mol. The Labute approximate surface area is 243 Å². The maximum Gasteiger partial charge on any atom is 0.416 e. The predicted molar refractivity (Wildman–Crippen MR) is 146 cm³/mol. The summed E-state index contributed by atoms with van der Waals surface area (Å²) >= 11 is 0. The maximum atomic E-state index is 14.0. The topological polar surface area (TPSA) is 76.9 Å². The minimum absolute atomic E-state index is 0.000763. The van der Waals surface area contributed by atoms with E-state index in [0.717, 1.165) is 4.90 Å². The number of likely N-dealkylation sites (N-methyl/N-ethyl adjacent to an activating group) is 1. The quantitative estimate of drug-likeness (QED) is 0.329. The van der Waals surface area contributed by atoms with Crippen LogP contribution in [-0.4, -0.2) is 53.4 Å². The Morgan fingerprint density at radius 3 is 2.09 bits per heavy atom. The number of alkyl halides is 6.